The molecule has 0 aliphatic carbocycles. The van der Waals surface area contributed by atoms with E-state index in [2.05, 4.69) is 0 Å². The van der Waals surface area contributed by atoms with Gasteiger partial charge in [0, 0.05) is 29.8 Å². The molecule has 0 spiro atoms. The van der Waals surface area contributed by atoms with Crippen molar-refractivity contribution in [2.24, 2.45) is 7.05 Å². The Balaban J connectivity index is 2.42. The van der Waals surface area contributed by atoms with Crippen LogP contribution in [0.3, 0.4) is 0 Å². The Kier molecular flexibility index (Phi) is 1.86. The highest BCUT2D eigenvalue weighted by atomic mass is 19.1. The molecule has 0 atom stereocenters. The highest BCUT2D eigenvalue weighted by Crippen LogP contribution is 2.30. The molecular weight excluding hydrogens is 205 g/mol. The third-order valence-corrected chi connectivity index (χ3v) is 2.77. The Morgan fingerprint density at radius 2 is 2.12 bits per heavy atom. The molecule has 2 nitrogen and oxygen atoms in total. The number of hydrogen-bond donors (Lipinski definition) is 0. The van der Waals surface area contributed by atoms with E-state index in [1.54, 1.807) is 18.6 Å². The van der Waals surface area contributed by atoms with Gasteiger partial charge >= 0.3 is 0 Å². The van der Waals surface area contributed by atoms with Crippen molar-refractivity contribution < 1.29 is 8.81 Å². The quantitative estimate of drug-likeness (QED) is 0.606. The van der Waals surface area contributed by atoms with E-state index in [0.29, 0.717) is 0 Å². The molecule has 0 aliphatic heterocycles. The number of halogens is 1. The van der Waals surface area contributed by atoms with E-state index in [0.717, 1.165) is 22.0 Å². The molecule has 1 aromatic carbocycles. The third-order valence-electron chi connectivity index (χ3n) is 2.77. The summed E-state index contributed by atoms with van der Waals surface area (Å²) in [6.07, 6.45) is 5.14. The highest BCUT2D eigenvalue weighted by Gasteiger charge is 2.10. The lowest BCUT2D eigenvalue weighted by atomic mass is 10.1. The SMILES string of the molecule is Cn1ccc2cc(F)cc(-c3ccoc3)c21. The summed E-state index contributed by atoms with van der Waals surface area (Å²) in [6, 6.07) is 6.81. The van der Waals surface area contributed by atoms with Gasteiger partial charge in [0.2, 0.25) is 0 Å². The van der Waals surface area contributed by atoms with E-state index >= 15 is 0 Å². The van der Waals surface area contributed by atoms with Crippen LogP contribution in [0.1, 0.15) is 0 Å². The number of aryl methyl sites for hydroxylation is 1. The van der Waals surface area contributed by atoms with Gasteiger partial charge in [-0.15, -0.1) is 0 Å². The molecule has 0 aliphatic rings. The summed E-state index contributed by atoms with van der Waals surface area (Å²) in [4.78, 5) is 0. The van der Waals surface area contributed by atoms with E-state index in [1.807, 2.05) is 29.9 Å². The number of benzene rings is 1. The second-order valence-electron chi connectivity index (χ2n) is 3.83. The molecule has 0 radical (unpaired) electrons. The van der Waals surface area contributed by atoms with Gasteiger partial charge in [-0.05, 0) is 24.3 Å². The number of fused-ring (bicyclic) bond motifs is 1. The van der Waals surface area contributed by atoms with Gasteiger partial charge in [-0.2, -0.15) is 0 Å². The predicted octanol–water partition coefficient (Wildman–Crippen LogP) is 3.58. The van der Waals surface area contributed by atoms with Gasteiger partial charge in [-0.3, -0.25) is 0 Å². The van der Waals surface area contributed by atoms with Crippen LogP contribution in [-0.2, 0) is 7.05 Å². The van der Waals surface area contributed by atoms with E-state index in [9.17, 15) is 4.39 Å². The van der Waals surface area contributed by atoms with Crippen molar-refractivity contribution in [1.29, 1.82) is 0 Å². The lowest BCUT2D eigenvalue weighted by molar-refractivity contribution is 0.568. The molecule has 0 fully saturated rings. The number of furan rings is 1. The predicted molar refractivity (Wildman–Crippen MR) is 60.6 cm³/mol. The van der Waals surface area contributed by atoms with Crippen molar-refractivity contribution in [1.82, 2.24) is 4.57 Å². The summed E-state index contributed by atoms with van der Waals surface area (Å²) in [5.74, 6) is -0.227. The Morgan fingerprint density at radius 3 is 2.88 bits per heavy atom. The maximum absolute atomic E-state index is 13.5. The van der Waals surface area contributed by atoms with E-state index in [1.165, 1.54) is 6.07 Å². The van der Waals surface area contributed by atoms with Gasteiger partial charge < -0.3 is 8.98 Å². The second-order valence-corrected chi connectivity index (χ2v) is 3.83. The number of aromatic nitrogens is 1. The molecule has 3 heteroatoms. The van der Waals surface area contributed by atoms with Gasteiger partial charge in [-0.25, -0.2) is 4.39 Å². The standard InChI is InChI=1S/C13H10FNO/c1-15-4-2-9-6-11(14)7-12(13(9)15)10-3-5-16-8-10/h2-8H,1H3. The van der Waals surface area contributed by atoms with Crippen LogP contribution >= 0.6 is 0 Å². The van der Waals surface area contributed by atoms with Gasteiger partial charge in [0.15, 0.2) is 0 Å². The van der Waals surface area contributed by atoms with Gasteiger partial charge in [0.1, 0.15) is 5.82 Å². The maximum Gasteiger partial charge on any atom is 0.124 e. The Morgan fingerprint density at radius 1 is 1.25 bits per heavy atom. The van der Waals surface area contributed by atoms with E-state index in [4.69, 9.17) is 4.42 Å². The van der Waals surface area contributed by atoms with Crippen LogP contribution in [0.2, 0.25) is 0 Å². The zero-order valence-electron chi connectivity index (χ0n) is 8.77. The molecule has 80 valence electrons. The monoisotopic (exact) mass is 215 g/mol. The van der Waals surface area contributed by atoms with E-state index in [-0.39, 0.29) is 5.82 Å². The minimum Gasteiger partial charge on any atom is -0.472 e. The van der Waals surface area contributed by atoms with Gasteiger partial charge in [0.05, 0.1) is 18.0 Å². The first-order valence-corrected chi connectivity index (χ1v) is 5.03. The van der Waals surface area contributed by atoms with Crippen molar-refractivity contribution in [3.05, 3.63) is 48.8 Å². The Bertz CT molecular complexity index is 637. The third kappa shape index (κ3) is 1.25. The first-order chi connectivity index (χ1) is 7.75. The Labute approximate surface area is 91.9 Å². The minimum atomic E-state index is -0.227. The molecule has 0 N–H and O–H groups in total. The average molecular weight is 215 g/mol. The van der Waals surface area contributed by atoms with Crippen LogP contribution in [0.15, 0.2) is 47.4 Å². The molecule has 0 saturated heterocycles. The topological polar surface area (TPSA) is 18.1 Å². The zero-order chi connectivity index (χ0) is 11.1. The smallest absolute Gasteiger partial charge is 0.124 e. The summed E-state index contributed by atoms with van der Waals surface area (Å²) in [5.41, 5.74) is 2.77. The molecule has 3 rings (SSSR count). The van der Waals surface area contributed by atoms with E-state index < -0.39 is 0 Å². The average Bonchev–Trinajstić information content (AvgIpc) is 2.87. The summed E-state index contributed by atoms with van der Waals surface area (Å²) in [7, 11) is 1.95. The fraction of sp³-hybridized carbons (Fsp3) is 0.0769. The molecular formula is C13H10FNO. The summed E-state index contributed by atoms with van der Waals surface area (Å²) >= 11 is 0. The molecule has 3 aromatic rings. The molecule has 2 heterocycles. The molecule has 0 amide bonds. The second kappa shape index (κ2) is 3.23. The number of hydrogen-bond acceptors (Lipinski definition) is 1. The minimum absolute atomic E-state index is 0.227. The Hall–Kier alpha value is -2.03. The normalized spacial score (nSPS) is 11.1. The lowest BCUT2D eigenvalue weighted by Gasteiger charge is -2.04. The van der Waals surface area contributed by atoms with Crippen LogP contribution in [0.25, 0.3) is 22.0 Å². The van der Waals surface area contributed by atoms with Crippen LogP contribution in [-0.4, -0.2) is 4.57 Å². The van der Waals surface area contributed by atoms with Crippen LogP contribution in [0, 0.1) is 5.82 Å². The fourth-order valence-corrected chi connectivity index (χ4v) is 2.05. The summed E-state index contributed by atoms with van der Waals surface area (Å²) in [5, 5.41) is 0.902. The molecule has 2 aromatic heterocycles. The summed E-state index contributed by atoms with van der Waals surface area (Å²) in [6.45, 7) is 0. The van der Waals surface area contributed by atoms with Crippen LogP contribution < -0.4 is 0 Å². The highest BCUT2D eigenvalue weighted by molar-refractivity contribution is 5.94. The van der Waals surface area contributed by atoms with Crippen molar-refractivity contribution in [2.75, 3.05) is 0 Å². The largest absolute Gasteiger partial charge is 0.472 e. The molecule has 0 saturated carbocycles. The maximum atomic E-state index is 13.5. The van der Waals surface area contributed by atoms with Gasteiger partial charge in [0.25, 0.3) is 0 Å². The van der Waals surface area contributed by atoms with Crippen molar-refractivity contribution in [3.8, 4) is 11.1 Å². The zero-order valence-corrected chi connectivity index (χ0v) is 8.77. The first kappa shape index (κ1) is 9.21. The molecule has 0 bridgehead atoms. The summed E-state index contributed by atoms with van der Waals surface area (Å²) < 4.78 is 20.5. The van der Waals surface area contributed by atoms with Crippen LogP contribution in [0.5, 0.6) is 0 Å². The van der Waals surface area contributed by atoms with Crippen LogP contribution in [0.4, 0.5) is 4.39 Å². The first-order valence-electron chi connectivity index (χ1n) is 5.03. The number of rotatable bonds is 1. The van der Waals surface area contributed by atoms with Crippen molar-refractivity contribution in [2.45, 2.75) is 0 Å². The van der Waals surface area contributed by atoms with Gasteiger partial charge in [-0.1, -0.05) is 0 Å². The van der Waals surface area contributed by atoms with Crippen molar-refractivity contribution >= 4 is 10.9 Å². The number of nitrogens with zero attached hydrogens (tertiary/aromatic N) is 1. The fourth-order valence-electron chi connectivity index (χ4n) is 2.05. The molecule has 16 heavy (non-hydrogen) atoms. The van der Waals surface area contributed by atoms with Crippen molar-refractivity contribution in [3.63, 3.8) is 0 Å². The lowest BCUT2D eigenvalue weighted by Crippen LogP contribution is -1.88. The molecule has 0 unspecified atom stereocenters.